The molecule has 1 fully saturated rings. The first-order valence-corrected chi connectivity index (χ1v) is 9.81. The minimum atomic E-state index is 0.129. The number of carbonyl (C=O) groups is 1. The average Bonchev–Trinajstić information content (AvgIpc) is 3.05. The Kier molecular flexibility index (Phi) is 4.41. The highest BCUT2D eigenvalue weighted by molar-refractivity contribution is 7.22. The number of piperazine rings is 1. The van der Waals surface area contributed by atoms with E-state index in [1.807, 2.05) is 36.1 Å². The maximum absolute atomic E-state index is 12.7. The Morgan fingerprint density at radius 2 is 1.77 bits per heavy atom. The summed E-state index contributed by atoms with van der Waals surface area (Å²) in [6.07, 6.45) is 0. The molecule has 3 aromatic rings. The largest absolute Gasteiger partial charge is 0.345 e. The van der Waals surface area contributed by atoms with E-state index in [1.165, 1.54) is 15.8 Å². The van der Waals surface area contributed by atoms with Crippen molar-refractivity contribution in [2.24, 2.45) is 0 Å². The zero-order valence-corrected chi connectivity index (χ0v) is 16.3. The third-order valence-electron chi connectivity index (χ3n) is 4.92. The van der Waals surface area contributed by atoms with E-state index in [0.717, 1.165) is 48.0 Å². The highest BCUT2D eigenvalue weighted by Gasteiger charge is 2.24. The summed E-state index contributed by atoms with van der Waals surface area (Å²) < 4.78 is 1.25. The van der Waals surface area contributed by atoms with Crippen molar-refractivity contribution in [3.63, 3.8) is 0 Å². The zero-order chi connectivity index (χ0) is 18.3. The molecule has 0 saturated carbocycles. The van der Waals surface area contributed by atoms with Crippen LogP contribution in [-0.4, -0.2) is 42.0 Å². The van der Waals surface area contributed by atoms with Crippen molar-refractivity contribution in [3.8, 4) is 0 Å². The van der Waals surface area contributed by atoms with E-state index < -0.39 is 0 Å². The number of hydrogen-bond acceptors (Lipinski definition) is 4. The zero-order valence-electron chi connectivity index (χ0n) is 15.5. The molecule has 4 rings (SSSR count). The molecule has 0 atom stereocenters. The minimum Gasteiger partial charge on any atom is -0.345 e. The fourth-order valence-corrected chi connectivity index (χ4v) is 4.75. The number of thiazole rings is 1. The van der Waals surface area contributed by atoms with Crippen LogP contribution >= 0.6 is 11.3 Å². The van der Waals surface area contributed by atoms with Crippen molar-refractivity contribution in [2.45, 2.75) is 20.8 Å². The number of aryl methyl sites for hydroxylation is 3. The van der Waals surface area contributed by atoms with E-state index in [0.29, 0.717) is 0 Å². The maximum atomic E-state index is 12.7. The van der Waals surface area contributed by atoms with Gasteiger partial charge in [-0.25, -0.2) is 4.98 Å². The van der Waals surface area contributed by atoms with Gasteiger partial charge in [0.05, 0.1) is 10.2 Å². The van der Waals surface area contributed by atoms with Crippen LogP contribution in [-0.2, 0) is 0 Å². The fraction of sp³-hybridized carbons (Fsp3) is 0.333. The van der Waals surface area contributed by atoms with Gasteiger partial charge in [0.2, 0.25) is 0 Å². The van der Waals surface area contributed by atoms with E-state index in [-0.39, 0.29) is 5.91 Å². The number of fused-ring (bicyclic) bond motifs is 1. The number of nitrogens with zero attached hydrogens (tertiary/aromatic N) is 3. The summed E-state index contributed by atoms with van der Waals surface area (Å²) in [6.45, 7) is 9.40. The van der Waals surface area contributed by atoms with E-state index in [2.05, 4.69) is 30.9 Å². The fourth-order valence-electron chi connectivity index (χ4n) is 3.56. The molecule has 0 aliphatic carbocycles. The first-order chi connectivity index (χ1) is 12.5. The summed E-state index contributed by atoms with van der Waals surface area (Å²) in [4.78, 5) is 21.8. The van der Waals surface area contributed by atoms with Gasteiger partial charge < -0.3 is 9.80 Å². The first-order valence-electron chi connectivity index (χ1n) is 9.00. The van der Waals surface area contributed by atoms with Gasteiger partial charge in [-0.05, 0) is 50.1 Å². The Balaban J connectivity index is 1.48. The van der Waals surface area contributed by atoms with Gasteiger partial charge in [-0.2, -0.15) is 0 Å². The molecule has 2 aromatic carbocycles. The van der Waals surface area contributed by atoms with Crippen LogP contribution in [0.15, 0.2) is 36.4 Å². The molecule has 1 aromatic heterocycles. The first kappa shape index (κ1) is 17.0. The van der Waals surface area contributed by atoms with E-state index in [1.54, 1.807) is 11.3 Å². The molecular weight excluding hydrogens is 342 g/mol. The number of hydrogen-bond donors (Lipinski definition) is 0. The van der Waals surface area contributed by atoms with Crippen LogP contribution in [0.5, 0.6) is 0 Å². The molecule has 26 heavy (non-hydrogen) atoms. The average molecular weight is 366 g/mol. The van der Waals surface area contributed by atoms with Gasteiger partial charge in [0.1, 0.15) is 0 Å². The van der Waals surface area contributed by atoms with Crippen molar-refractivity contribution >= 4 is 32.6 Å². The molecule has 1 aliphatic heterocycles. The molecule has 2 heterocycles. The summed E-state index contributed by atoms with van der Waals surface area (Å²) in [5, 5.41) is 1.07. The van der Waals surface area contributed by atoms with Crippen molar-refractivity contribution < 1.29 is 4.79 Å². The SMILES string of the molecule is Cc1cccc(C(=O)N2CCN(c3nc4c(C)cc(C)cc4s3)CC2)c1. The Morgan fingerprint density at radius 1 is 1.00 bits per heavy atom. The van der Waals surface area contributed by atoms with Crippen molar-refractivity contribution in [2.75, 3.05) is 31.1 Å². The van der Waals surface area contributed by atoms with Gasteiger partial charge >= 0.3 is 0 Å². The predicted octanol–water partition coefficient (Wildman–Crippen LogP) is 4.18. The normalized spacial score (nSPS) is 14.9. The molecule has 0 N–H and O–H groups in total. The van der Waals surface area contributed by atoms with Gasteiger partial charge in [-0.1, -0.05) is 35.1 Å². The number of rotatable bonds is 2. The Labute approximate surface area is 158 Å². The van der Waals surface area contributed by atoms with Crippen LogP contribution in [0.2, 0.25) is 0 Å². The lowest BCUT2D eigenvalue weighted by molar-refractivity contribution is 0.0746. The third kappa shape index (κ3) is 3.19. The summed E-state index contributed by atoms with van der Waals surface area (Å²) in [5.74, 6) is 0.129. The monoisotopic (exact) mass is 365 g/mol. The van der Waals surface area contributed by atoms with Crippen molar-refractivity contribution in [3.05, 3.63) is 58.7 Å². The lowest BCUT2D eigenvalue weighted by atomic mass is 10.1. The summed E-state index contributed by atoms with van der Waals surface area (Å²) >= 11 is 1.75. The highest BCUT2D eigenvalue weighted by atomic mass is 32.1. The molecule has 0 unspecified atom stereocenters. The minimum absolute atomic E-state index is 0.129. The molecule has 0 bridgehead atoms. The van der Waals surface area contributed by atoms with E-state index >= 15 is 0 Å². The molecule has 0 spiro atoms. The molecule has 134 valence electrons. The summed E-state index contributed by atoms with van der Waals surface area (Å²) in [6, 6.07) is 12.2. The molecule has 1 saturated heterocycles. The maximum Gasteiger partial charge on any atom is 0.253 e. The second-order valence-corrected chi connectivity index (χ2v) is 8.08. The van der Waals surface area contributed by atoms with Gasteiger partial charge in [-0.3, -0.25) is 4.79 Å². The van der Waals surface area contributed by atoms with Crippen LogP contribution in [0.4, 0.5) is 5.13 Å². The number of aromatic nitrogens is 1. The van der Waals surface area contributed by atoms with Crippen LogP contribution in [0.1, 0.15) is 27.0 Å². The van der Waals surface area contributed by atoms with E-state index in [4.69, 9.17) is 4.98 Å². The summed E-state index contributed by atoms with van der Waals surface area (Å²) in [7, 11) is 0. The standard InChI is InChI=1S/C21H23N3OS/c1-14-5-4-6-17(12-14)20(25)23-7-9-24(10-8-23)21-22-19-16(3)11-15(2)13-18(19)26-21/h4-6,11-13H,7-10H2,1-3H3. The summed E-state index contributed by atoms with van der Waals surface area (Å²) in [5.41, 5.74) is 5.52. The molecule has 5 heteroatoms. The smallest absolute Gasteiger partial charge is 0.253 e. The lowest BCUT2D eigenvalue weighted by Gasteiger charge is -2.34. The number of benzene rings is 2. The molecule has 0 radical (unpaired) electrons. The Bertz CT molecular complexity index is 971. The molecule has 1 amide bonds. The lowest BCUT2D eigenvalue weighted by Crippen LogP contribution is -2.48. The van der Waals surface area contributed by atoms with E-state index in [9.17, 15) is 4.79 Å². The van der Waals surface area contributed by atoms with Crippen molar-refractivity contribution in [1.82, 2.24) is 9.88 Å². The third-order valence-corrected chi connectivity index (χ3v) is 5.98. The highest BCUT2D eigenvalue weighted by Crippen LogP contribution is 2.32. The number of amides is 1. The Hall–Kier alpha value is -2.40. The van der Waals surface area contributed by atoms with Crippen LogP contribution < -0.4 is 4.90 Å². The van der Waals surface area contributed by atoms with Crippen LogP contribution in [0, 0.1) is 20.8 Å². The quantitative estimate of drug-likeness (QED) is 0.683. The van der Waals surface area contributed by atoms with Crippen LogP contribution in [0.25, 0.3) is 10.2 Å². The molecule has 4 nitrogen and oxygen atoms in total. The molecular formula is C21H23N3OS. The second kappa shape index (κ2) is 6.72. The topological polar surface area (TPSA) is 36.4 Å². The van der Waals surface area contributed by atoms with Gasteiger partial charge in [-0.15, -0.1) is 0 Å². The number of carbonyl (C=O) groups excluding carboxylic acids is 1. The number of anilines is 1. The second-order valence-electron chi connectivity index (χ2n) is 7.07. The Morgan fingerprint density at radius 3 is 2.50 bits per heavy atom. The van der Waals surface area contributed by atoms with Crippen LogP contribution in [0.3, 0.4) is 0 Å². The van der Waals surface area contributed by atoms with Gasteiger partial charge in [0, 0.05) is 31.7 Å². The van der Waals surface area contributed by atoms with Gasteiger partial charge in [0.25, 0.3) is 5.91 Å². The molecule has 1 aliphatic rings. The van der Waals surface area contributed by atoms with Crippen molar-refractivity contribution in [1.29, 1.82) is 0 Å². The predicted molar refractivity (Wildman–Crippen MR) is 108 cm³/mol. The van der Waals surface area contributed by atoms with Gasteiger partial charge in [0.15, 0.2) is 5.13 Å².